The molecule has 0 radical (unpaired) electrons. The molecule has 15 nitrogen and oxygen atoms in total. The molecular formula is C59H80N8O7S. The monoisotopic (exact) mass is 1040 g/mol. The molecule has 75 heavy (non-hydrogen) atoms. The van der Waals surface area contributed by atoms with Gasteiger partial charge in [0.25, 0.3) is 5.91 Å². The van der Waals surface area contributed by atoms with E-state index in [0.717, 1.165) is 57.6 Å². The van der Waals surface area contributed by atoms with Gasteiger partial charge in [0.1, 0.15) is 28.6 Å². The largest absolute Gasteiger partial charge is 0.597 e. The van der Waals surface area contributed by atoms with Crippen molar-refractivity contribution in [3.05, 3.63) is 71.5 Å². The number of nitrogens with one attached hydrogen (secondary N) is 2. The molecule has 6 aliphatic rings. The second-order valence-corrected chi connectivity index (χ2v) is 27.3. The molecule has 4 saturated heterocycles. The minimum Gasteiger partial charge on any atom is -0.597 e. The van der Waals surface area contributed by atoms with Gasteiger partial charge in [0.15, 0.2) is 0 Å². The first-order valence-electron chi connectivity index (χ1n) is 27.8. The van der Waals surface area contributed by atoms with Crippen LogP contribution in [0.15, 0.2) is 54.7 Å². The van der Waals surface area contributed by atoms with Crippen molar-refractivity contribution in [1.29, 1.82) is 0 Å². The van der Waals surface area contributed by atoms with Crippen molar-refractivity contribution in [2.75, 3.05) is 39.3 Å². The van der Waals surface area contributed by atoms with Crippen molar-refractivity contribution in [1.82, 2.24) is 39.4 Å². The third-order valence-corrected chi connectivity index (χ3v) is 18.8. The molecule has 1 saturated carbocycles. The van der Waals surface area contributed by atoms with E-state index in [4.69, 9.17) is 9.72 Å². The van der Waals surface area contributed by atoms with Crippen LogP contribution >= 0.6 is 0 Å². The van der Waals surface area contributed by atoms with E-state index in [1.807, 2.05) is 52.9 Å². The molecule has 5 aliphatic heterocycles. The van der Waals surface area contributed by atoms with Crippen LogP contribution in [0.3, 0.4) is 0 Å². The van der Waals surface area contributed by atoms with Crippen LogP contribution in [0.2, 0.25) is 0 Å². The number of carbonyl (C=O) groups excluding carboxylic acids is 4. The highest BCUT2D eigenvalue weighted by molar-refractivity contribution is 7.90. The lowest BCUT2D eigenvalue weighted by Gasteiger charge is -2.37. The molecule has 1 unspecified atom stereocenters. The summed E-state index contributed by atoms with van der Waals surface area (Å²) in [5.41, 5.74) is 9.66. The van der Waals surface area contributed by atoms with Crippen LogP contribution in [0, 0.1) is 22.7 Å². The quantitative estimate of drug-likeness (QED) is 0.0762. The number of aromatic nitrogens is 2. The van der Waals surface area contributed by atoms with Gasteiger partial charge in [-0.25, -0.2) is 5.43 Å². The number of pyridine rings is 1. The first kappa shape index (κ1) is 53.4. The highest BCUT2D eigenvalue weighted by Gasteiger charge is 2.65. The highest BCUT2D eigenvalue weighted by Crippen LogP contribution is 2.52. The van der Waals surface area contributed by atoms with Crippen LogP contribution in [-0.4, -0.2) is 136 Å². The van der Waals surface area contributed by atoms with E-state index in [2.05, 4.69) is 83.4 Å². The fourth-order valence-corrected chi connectivity index (χ4v) is 14.5. The van der Waals surface area contributed by atoms with Crippen LogP contribution in [0.5, 0.6) is 5.75 Å². The molecule has 2 aromatic carbocycles. The molecule has 1 aliphatic carbocycles. The van der Waals surface area contributed by atoms with Crippen molar-refractivity contribution in [3.8, 4) is 28.1 Å². The van der Waals surface area contributed by atoms with E-state index < -0.39 is 58.1 Å². The molecule has 6 bridgehead atoms. The number of carbonyl (C=O) groups is 4. The van der Waals surface area contributed by atoms with Gasteiger partial charge < -0.3 is 34.1 Å². The molecule has 10 rings (SSSR count). The van der Waals surface area contributed by atoms with E-state index in [0.29, 0.717) is 75.8 Å². The summed E-state index contributed by atoms with van der Waals surface area (Å²) in [6.45, 7) is 24.4. The molecule has 7 heterocycles. The van der Waals surface area contributed by atoms with Gasteiger partial charge in [-0.1, -0.05) is 53.7 Å². The fraction of sp³-hybridized carbons (Fsp3) is 0.610. The van der Waals surface area contributed by atoms with Gasteiger partial charge in [-0.2, -0.15) is 0 Å². The fourth-order valence-electron chi connectivity index (χ4n) is 13.0. The van der Waals surface area contributed by atoms with Crippen molar-refractivity contribution < 1.29 is 33.6 Å². The van der Waals surface area contributed by atoms with Gasteiger partial charge in [0.05, 0.1) is 35.5 Å². The summed E-state index contributed by atoms with van der Waals surface area (Å²) in [5.74, 6) is -0.800. The summed E-state index contributed by atoms with van der Waals surface area (Å²) in [7, 11) is 0. The number of nitrogens with zero attached hydrogens (tertiary/aromatic N) is 6. The summed E-state index contributed by atoms with van der Waals surface area (Å²) in [6.07, 6.45) is 7.16. The van der Waals surface area contributed by atoms with Crippen molar-refractivity contribution in [2.45, 2.75) is 168 Å². The normalized spacial score (nSPS) is 27.3. The molecule has 5 fully saturated rings. The Morgan fingerprint density at radius 1 is 1.00 bits per heavy atom. The predicted molar refractivity (Wildman–Crippen MR) is 292 cm³/mol. The zero-order valence-corrected chi connectivity index (χ0v) is 46.7. The van der Waals surface area contributed by atoms with Crippen molar-refractivity contribution >= 4 is 46.0 Å². The maximum atomic E-state index is 15.0. The third-order valence-electron chi connectivity index (χ3n) is 16.9. The summed E-state index contributed by atoms with van der Waals surface area (Å²) in [6, 6.07) is 13.7. The van der Waals surface area contributed by atoms with Crippen LogP contribution < -0.4 is 10.7 Å². The Bertz CT molecular complexity index is 2850. The number of rotatable bonds is 11. The summed E-state index contributed by atoms with van der Waals surface area (Å²) in [5, 5.41) is 17.1. The topological polar surface area (TPSA) is 175 Å². The Morgan fingerprint density at radius 2 is 1.76 bits per heavy atom. The number of hydrogen-bond donors (Lipinski definition) is 3. The first-order valence-corrected chi connectivity index (χ1v) is 28.9. The zero-order valence-electron chi connectivity index (χ0n) is 45.9. The number of phenolic OH excluding ortho intramolecular Hbond substituents is 1. The van der Waals surface area contributed by atoms with Gasteiger partial charge >= 0.3 is 5.97 Å². The van der Waals surface area contributed by atoms with Crippen LogP contribution in [0.4, 0.5) is 0 Å². The third kappa shape index (κ3) is 10.5. The maximum absolute atomic E-state index is 15.0. The Labute approximate surface area is 446 Å². The second-order valence-electron chi connectivity index (χ2n) is 25.1. The van der Waals surface area contributed by atoms with E-state index in [9.17, 15) is 28.8 Å². The highest BCUT2D eigenvalue weighted by atomic mass is 32.2. The molecular weight excluding hydrogens is 965 g/mol. The summed E-state index contributed by atoms with van der Waals surface area (Å²) < 4.78 is 24.0. The Hall–Kier alpha value is -5.00. The number of ether oxygens (including phenoxy) is 1. The maximum Gasteiger partial charge on any atom is 0.324 e. The van der Waals surface area contributed by atoms with E-state index >= 15 is 0 Å². The van der Waals surface area contributed by atoms with Gasteiger partial charge in [0, 0.05) is 78.6 Å². The number of amides is 3. The van der Waals surface area contributed by atoms with Crippen molar-refractivity contribution in [2.24, 2.45) is 22.7 Å². The second kappa shape index (κ2) is 20.4. The minimum atomic E-state index is -1.12. The lowest BCUT2D eigenvalue weighted by atomic mass is 9.83. The predicted octanol–water partition coefficient (Wildman–Crippen LogP) is 7.74. The van der Waals surface area contributed by atoms with E-state index in [1.54, 1.807) is 17.0 Å². The molecule has 1 spiro atoms. The average Bonchev–Trinajstić information content (AvgIpc) is 4.26. The molecule has 8 atom stereocenters. The number of benzene rings is 2. The summed E-state index contributed by atoms with van der Waals surface area (Å²) in [4.78, 5) is 67.9. The average molecular weight is 1050 g/mol. The molecule has 4 aromatic rings. The molecule has 3 amide bonds. The minimum absolute atomic E-state index is 0.0251. The number of fused-ring (bicyclic) bond motifs is 6. The van der Waals surface area contributed by atoms with Crippen LogP contribution in [-0.2, 0) is 54.7 Å². The lowest BCUT2D eigenvalue weighted by Crippen LogP contribution is -2.62. The van der Waals surface area contributed by atoms with Gasteiger partial charge in [0.2, 0.25) is 11.8 Å². The Kier molecular flexibility index (Phi) is 14.5. The van der Waals surface area contributed by atoms with Gasteiger partial charge in [-0.05, 0) is 156 Å². The van der Waals surface area contributed by atoms with E-state index in [1.165, 1.54) is 17.9 Å². The summed E-state index contributed by atoms with van der Waals surface area (Å²) >= 11 is -1.09. The Morgan fingerprint density at radius 3 is 2.47 bits per heavy atom. The number of phenols is 1. The first-order chi connectivity index (χ1) is 35.6. The molecule has 404 valence electrons. The van der Waals surface area contributed by atoms with E-state index in [-0.39, 0.29) is 47.3 Å². The van der Waals surface area contributed by atoms with Crippen LogP contribution in [0.25, 0.3) is 33.3 Å². The van der Waals surface area contributed by atoms with Gasteiger partial charge in [-0.15, -0.1) is 4.31 Å². The van der Waals surface area contributed by atoms with Crippen molar-refractivity contribution in [3.63, 3.8) is 0 Å². The number of esters is 1. The molecule has 2 aromatic heterocycles. The smallest absolute Gasteiger partial charge is 0.324 e. The number of aromatic hydroxyl groups is 1. The number of aryl methyl sites for hydroxylation is 1. The standard InChI is InChI=1S/C59H80N8O7S/c1-11-64-47-19-18-39-30-43(47)44(52(64)42-14-12-22-60-49(42)35(2)3)31-58(9,10)34-74-55(71)45-15-13-23-66(62-45)54(70)46(28-37-26-40(39)29-41(68)27-37)61-53(69)50(36(4)5)65-25-21-59(56(65)72)20-24-63(33-59)32-48-51(38-16-17-38)67(48)75(73)57(6,7)8/h12,14,18-19,22,26-27,29-30,35-36,38,45-46,48,50-51,62,68H,11,13,15-17,20-21,23-25,28,31-34H2,1-10H3,(H,61,69)/t45-,46-,48-,50-,51+,59-,67?,75+/m0/s1. The van der Waals surface area contributed by atoms with Crippen LogP contribution in [0.1, 0.15) is 131 Å². The molecule has 16 heteroatoms. The molecule has 3 N–H and O–H groups in total. The lowest BCUT2D eigenvalue weighted by molar-refractivity contribution is -0.155. The number of likely N-dealkylation sites (tertiary alicyclic amines) is 2. The number of hydrogen-bond acceptors (Lipinski definition) is 11. The number of hydrazine groups is 1. The van der Waals surface area contributed by atoms with Gasteiger partial charge in [-0.3, -0.25) is 29.2 Å². The Balaban J connectivity index is 0.955. The SMILES string of the molecule is CCn1c(-c2cccnc2C(C)C)c2c3cc(ccc31)-c1cc(O)cc(c1)C[C@H](NC(=O)[C@H](C(C)C)N1CC[C@]3(CCN(C[C@H]4[C@@H](C5CC5)N4[S@+]([O-])C(C)(C)C)C3)C1=O)C(=O)N1CCC[C@H](N1)C(=O)OCC(C)(C)C2. The number of cyclic esters (lactones) is 1. The zero-order chi connectivity index (χ0) is 53.5.